The number of nitrogens with one attached hydrogen (secondary N) is 1. The van der Waals surface area contributed by atoms with Crippen LogP contribution in [0.4, 0.5) is 5.69 Å². The summed E-state index contributed by atoms with van der Waals surface area (Å²) in [5.41, 5.74) is 0.394. The molecule has 0 unspecified atom stereocenters. The quantitative estimate of drug-likeness (QED) is 0.566. The number of hydrogen-bond acceptors (Lipinski definition) is 7. The Morgan fingerprint density at radius 1 is 1.03 bits per heavy atom. The van der Waals surface area contributed by atoms with E-state index in [0.717, 1.165) is 26.2 Å². The van der Waals surface area contributed by atoms with Gasteiger partial charge in [-0.15, -0.1) is 0 Å². The number of carbonyl (C=O) groups excluding carboxylic acids is 2. The van der Waals surface area contributed by atoms with Crippen molar-refractivity contribution >= 4 is 27.5 Å². The fourth-order valence-corrected chi connectivity index (χ4v) is 4.06. The first-order valence-electron chi connectivity index (χ1n) is 10.0. The third-order valence-corrected chi connectivity index (χ3v) is 6.20. The van der Waals surface area contributed by atoms with Crippen LogP contribution in [0.2, 0.25) is 0 Å². The van der Waals surface area contributed by atoms with Crippen LogP contribution in [0, 0.1) is 0 Å². The second kappa shape index (κ2) is 10.3. The van der Waals surface area contributed by atoms with Crippen molar-refractivity contribution < 1.29 is 22.7 Å². The average molecular weight is 440 g/mol. The Labute approximate surface area is 177 Å². The minimum absolute atomic E-state index is 0.0434. The minimum atomic E-state index is -3.81. The molecule has 0 spiro atoms. The van der Waals surface area contributed by atoms with Crippen molar-refractivity contribution in [1.82, 2.24) is 14.7 Å². The number of rotatable bonds is 7. The van der Waals surface area contributed by atoms with Crippen LogP contribution in [0.25, 0.3) is 0 Å². The fourth-order valence-electron chi connectivity index (χ4n) is 3.51. The van der Waals surface area contributed by atoms with Gasteiger partial charge in [0.2, 0.25) is 21.8 Å². The topological polar surface area (TPSA) is 125 Å². The van der Waals surface area contributed by atoms with Crippen LogP contribution in [-0.4, -0.2) is 101 Å². The molecule has 0 atom stereocenters. The zero-order valence-electron chi connectivity index (χ0n) is 17.0. The summed E-state index contributed by atoms with van der Waals surface area (Å²) in [4.78, 5) is 30.8. The maximum Gasteiger partial charge on any atom is 0.238 e. The van der Waals surface area contributed by atoms with E-state index < -0.39 is 10.0 Å². The first-order valence-corrected chi connectivity index (χ1v) is 11.6. The Morgan fingerprint density at radius 2 is 1.73 bits per heavy atom. The highest BCUT2D eigenvalue weighted by molar-refractivity contribution is 7.89. The summed E-state index contributed by atoms with van der Waals surface area (Å²) < 4.78 is 28.1. The molecule has 166 valence electrons. The maximum absolute atomic E-state index is 12.4. The summed E-state index contributed by atoms with van der Waals surface area (Å²) in [5.74, 6) is -0.0589. The lowest BCUT2D eigenvalue weighted by Crippen LogP contribution is -2.52. The van der Waals surface area contributed by atoms with E-state index >= 15 is 0 Å². The number of hydrogen-bond donors (Lipinski definition) is 2. The summed E-state index contributed by atoms with van der Waals surface area (Å²) in [7, 11) is -3.81. The van der Waals surface area contributed by atoms with Gasteiger partial charge in [0.15, 0.2) is 0 Å². The van der Waals surface area contributed by atoms with Crippen molar-refractivity contribution in [3.63, 3.8) is 0 Å². The predicted octanol–water partition coefficient (Wildman–Crippen LogP) is -0.861. The molecule has 2 amide bonds. The molecule has 10 nitrogen and oxygen atoms in total. The van der Waals surface area contributed by atoms with Gasteiger partial charge in [-0.2, -0.15) is 0 Å². The first kappa shape index (κ1) is 22.6. The van der Waals surface area contributed by atoms with E-state index in [1.165, 1.54) is 18.2 Å². The number of anilines is 1. The molecule has 30 heavy (non-hydrogen) atoms. The number of nitrogens with zero attached hydrogens (tertiary/aromatic N) is 3. The number of piperazine rings is 1. The van der Waals surface area contributed by atoms with E-state index in [4.69, 9.17) is 9.88 Å². The number of morpholine rings is 1. The number of primary sulfonamides is 1. The summed E-state index contributed by atoms with van der Waals surface area (Å²) in [5, 5.41) is 7.81. The lowest BCUT2D eigenvalue weighted by molar-refractivity contribution is -0.135. The van der Waals surface area contributed by atoms with Gasteiger partial charge in [0, 0.05) is 57.9 Å². The highest BCUT2D eigenvalue weighted by Gasteiger charge is 2.23. The number of nitrogens with two attached hydrogens (primary N) is 1. The van der Waals surface area contributed by atoms with Crippen molar-refractivity contribution in [3.05, 3.63) is 24.3 Å². The van der Waals surface area contributed by atoms with Gasteiger partial charge in [-0.1, -0.05) is 6.07 Å². The van der Waals surface area contributed by atoms with E-state index in [1.54, 1.807) is 6.07 Å². The second-order valence-corrected chi connectivity index (χ2v) is 9.04. The van der Waals surface area contributed by atoms with Gasteiger partial charge in [0.1, 0.15) is 0 Å². The van der Waals surface area contributed by atoms with E-state index in [0.29, 0.717) is 45.1 Å². The molecule has 1 aromatic carbocycles. The predicted molar refractivity (Wildman–Crippen MR) is 111 cm³/mol. The molecule has 0 aromatic heterocycles. The Kier molecular flexibility index (Phi) is 7.78. The van der Waals surface area contributed by atoms with Crippen LogP contribution < -0.4 is 10.5 Å². The van der Waals surface area contributed by atoms with Crippen molar-refractivity contribution in [1.29, 1.82) is 0 Å². The van der Waals surface area contributed by atoms with Gasteiger partial charge in [0.05, 0.1) is 24.7 Å². The lowest BCUT2D eigenvalue weighted by Gasteiger charge is -2.36. The Bertz CT molecular complexity index is 849. The van der Waals surface area contributed by atoms with E-state index in [2.05, 4.69) is 15.1 Å². The van der Waals surface area contributed by atoms with Gasteiger partial charge in [-0.25, -0.2) is 13.6 Å². The maximum atomic E-state index is 12.4. The highest BCUT2D eigenvalue weighted by atomic mass is 32.2. The molecule has 11 heteroatoms. The smallest absolute Gasteiger partial charge is 0.238 e. The van der Waals surface area contributed by atoms with Crippen LogP contribution in [0.15, 0.2) is 29.2 Å². The van der Waals surface area contributed by atoms with Gasteiger partial charge < -0.3 is 15.0 Å². The summed E-state index contributed by atoms with van der Waals surface area (Å²) >= 11 is 0. The Balaban J connectivity index is 1.38. The fraction of sp³-hybridized carbons (Fsp3) is 0.579. The molecule has 0 radical (unpaired) electrons. The second-order valence-electron chi connectivity index (χ2n) is 7.48. The van der Waals surface area contributed by atoms with E-state index in [1.807, 2.05) is 4.90 Å². The number of sulfonamides is 1. The zero-order valence-corrected chi connectivity index (χ0v) is 17.8. The molecule has 0 saturated carbocycles. The molecule has 0 aliphatic carbocycles. The number of carbonyl (C=O) groups is 2. The van der Waals surface area contributed by atoms with Crippen molar-refractivity contribution in [2.45, 2.75) is 11.3 Å². The van der Waals surface area contributed by atoms with E-state index in [9.17, 15) is 18.0 Å². The van der Waals surface area contributed by atoms with Gasteiger partial charge in [0.25, 0.3) is 0 Å². The van der Waals surface area contributed by atoms with Crippen molar-refractivity contribution in [2.75, 3.05) is 70.9 Å². The normalized spacial score (nSPS) is 18.9. The lowest BCUT2D eigenvalue weighted by atomic mass is 10.2. The largest absolute Gasteiger partial charge is 0.379 e. The number of benzene rings is 1. The third-order valence-electron chi connectivity index (χ3n) is 5.29. The Hall–Kier alpha value is -2.05. The van der Waals surface area contributed by atoms with Crippen LogP contribution in [0.3, 0.4) is 0 Å². The molecule has 2 fully saturated rings. The summed E-state index contributed by atoms with van der Waals surface area (Å²) in [6.45, 7) is 6.71. The van der Waals surface area contributed by atoms with Gasteiger partial charge >= 0.3 is 0 Å². The molecule has 2 heterocycles. The zero-order chi connectivity index (χ0) is 21.6. The van der Waals surface area contributed by atoms with Crippen molar-refractivity contribution in [3.8, 4) is 0 Å². The van der Waals surface area contributed by atoms with E-state index in [-0.39, 0.29) is 23.1 Å². The Morgan fingerprint density at radius 3 is 2.40 bits per heavy atom. The third kappa shape index (κ3) is 6.74. The highest BCUT2D eigenvalue weighted by Crippen LogP contribution is 2.14. The van der Waals surface area contributed by atoms with Crippen molar-refractivity contribution in [2.24, 2.45) is 5.14 Å². The van der Waals surface area contributed by atoms with Crippen LogP contribution in [0.5, 0.6) is 0 Å². The monoisotopic (exact) mass is 439 g/mol. The molecule has 3 rings (SSSR count). The SMILES string of the molecule is NS(=O)(=O)c1cccc(NC(=O)CCN2CCN(C(=O)CN3CCOCC3)CC2)c1. The molecular weight excluding hydrogens is 410 g/mol. The standard InChI is InChI=1S/C19H29N5O5S/c20-30(27,28)17-3-1-2-16(14-17)21-18(25)4-5-22-6-8-24(9-7-22)19(26)15-23-10-12-29-13-11-23/h1-3,14H,4-13,15H2,(H,21,25)(H2,20,27,28). The van der Waals surface area contributed by atoms with Crippen LogP contribution in [0.1, 0.15) is 6.42 Å². The molecule has 1 aromatic rings. The molecule has 3 N–H and O–H groups in total. The summed E-state index contributed by atoms with van der Waals surface area (Å²) in [6.07, 6.45) is 0.279. The molecule has 2 aliphatic rings. The number of ether oxygens (including phenoxy) is 1. The number of amides is 2. The molecule has 2 aliphatic heterocycles. The average Bonchev–Trinajstić information content (AvgIpc) is 2.73. The van der Waals surface area contributed by atoms with Gasteiger partial charge in [-0.05, 0) is 18.2 Å². The molecular formula is C19H29N5O5S. The minimum Gasteiger partial charge on any atom is -0.379 e. The van der Waals surface area contributed by atoms with Crippen LogP contribution >= 0.6 is 0 Å². The first-order chi connectivity index (χ1) is 14.3. The van der Waals surface area contributed by atoms with Gasteiger partial charge in [-0.3, -0.25) is 19.4 Å². The van der Waals surface area contributed by atoms with Crippen LogP contribution in [-0.2, 0) is 24.3 Å². The molecule has 0 bridgehead atoms. The summed E-state index contributed by atoms with van der Waals surface area (Å²) in [6, 6.07) is 5.87. The molecule has 2 saturated heterocycles.